The summed E-state index contributed by atoms with van der Waals surface area (Å²) in [4.78, 5) is 15.4. The van der Waals surface area contributed by atoms with Gasteiger partial charge in [0.1, 0.15) is 11.4 Å². The van der Waals surface area contributed by atoms with Gasteiger partial charge in [0.25, 0.3) is 5.91 Å². The number of benzene rings is 1. The van der Waals surface area contributed by atoms with E-state index in [1.165, 1.54) is 6.42 Å². The number of fused-ring (bicyclic) bond motifs is 4. The maximum Gasteiger partial charge on any atom is 0.276 e. The summed E-state index contributed by atoms with van der Waals surface area (Å²) >= 11 is 0. The molecule has 1 aromatic heterocycles. The lowest BCUT2D eigenvalue weighted by Crippen LogP contribution is -2.54. The Morgan fingerprint density at radius 1 is 1.17 bits per heavy atom. The highest BCUT2D eigenvalue weighted by Crippen LogP contribution is 2.57. The van der Waals surface area contributed by atoms with Gasteiger partial charge in [0.05, 0.1) is 19.3 Å². The number of hydrogen-bond donors (Lipinski definition) is 0. The zero-order valence-electron chi connectivity index (χ0n) is 21.8. The maximum atomic E-state index is 13.4. The van der Waals surface area contributed by atoms with Gasteiger partial charge < -0.3 is 23.6 Å². The summed E-state index contributed by atoms with van der Waals surface area (Å²) in [5.41, 5.74) is 2.39. The number of likely N-dealkylation sites (tertiary alicyclic amines) is 1. The fraction of sp³-hybridized carbons (Fsp3) is 0.655. The van der Waals surface area contributed by atoms with E-state index >= 15 is 0 Å². The molecule has 0 unspecified atom stereocenters. The summed E-state index contributed by atoms with van der Waals surface area (Å²) in [7, 11) is 0. The van der Waals surface area contributed by atoms with Crippen LogP contribution in [-0.2, 0) is 17.6 Å². The zero-order chi connectivity index (χ0) is 24.9. The fourth-order valence-electron chi connectivity index (χ4n) is 6.82. The van der Waals surface area contributed by atoms with Gasteiger partial charge in [0.15, 0.2) is 17.2 Å². The van der Waals surface area contributed by atoms with Crippen LogP contribution < -0.4 is 9.47 Å². The van der Waals surface area contributed by atoms with Crippen molar-refractivity contribution in [2.45, 2.75) is 83.8 Å². The van der Waals surface area contributed by atoms with Crippen LogP contribution in [0.3, 0.4) is 0 Å². The molecule has 6 rings (SSSR count). The van der Waals surface area contributed by atoms with Crippen molar-refractivity contribution >= 4 is 5.91 Å². The summed E-state index contributed by atoms with van der Waals surface area (Å²) in [6.07, 6.45) is 8.09. The van der Waals surface area contributed by atoms with Gasteiger partial charge in [-0.2, -0.15) is 0 Å². The SMILES string of the molecule is CCOc1cccc2c1OC(C)(C)[C@H]1CC3(CCN(C(=O)c4noc5c4CCCCC5)CC3)CO[C@H]21. The molecule has 0 N–H and O–H groups in total. The molecule has 36 heavy (non-hydrogen) atoms. The van der Waals surface area contributed by atoms with E-state index in [-0.39, 0.29) is 28.9 Å². The number of rotatable bonds is 3. The van der Waals surface area contributed by atoms with Crippen LogP contribution in [0.2, 0.25) is 0 Å². The van der Waals surface area contributed by atoms with Gasteiger partial charge in [-0.3, -0.25) is 4.79 Å². The minimum atomic E-state index is -0.371. The van der Waals surface area contributed by atoms with Crippen LogP contribution in [0.1, 0.15) is 92.8 Å². The number of ether oxygens (including phenoxy) is 3. The van der Waals surface area contributed by atoms with Gasteiger partial charge in [-0.1, -0.05) is 23.7 Å². The second-order valence-corrected chi connectivity index (χ2v) is 11.6. The van der Waals surface area contributed by atoms with E-state index in [0.717, 1.165) is 86.4 Å². The van der Waals surface area contributed by atoms with Crippen molar-refractivity contribution < 1.29 is 23.5 Å². The van der Waals surface area contributed by atoms with Gasteiger partial charge in [0, 0.05) is 36.6 Å². The Kier molecular flexibility index (Phi) is 6.02. The molecular formula is C29H38N2O5. The largest absolute Gasteiger partial charge is 0.490 e. The smallest absolute Gasteiger partial charge is 0.276 e. The molecule has 2 fully saturated rings. The van der Waals surface area contributed by atoms with Crippen molar-refractivity contribution in [3.8, 4) is 11.5 Å². The Bertz CT molecular complexity index is 1130. The molecule has 1 amide bonds. The van der Waals surface area contributed by atoms with Crippen molar-refractivity contribution in [2.24, 2.45) is 11.3 Å². The molecule has 2 saturated heterocycles. The second kappa shape index (κ2) is 9.09. The second-order valence-electron chi connectivity index (χ2n) is 11.6. The van der Waals surface area contributed by atoms with Crippen molar-refractivity contribution in [3.63, 3.8) is 0 Å². The summed E-state index contributed by atoms with van der Waals surface area (Å²) in [6, 6.07) is 6.12. The molecule has 4 heterocycles. The number of carbonyl (C=O) groups is 1. The van der Waals surface area contributed by atoms with Crippen molar-refractivity contribution in [3.05, 3.63) is 40.8 Å². The van der Waals surface area contributed by atoms with E-state index in [0.29, 0.717) is 18.9 Å². The lowest BCUT2D eigenvalue weighted by molar-refractivity contribution is -0.173. The van der Waals surface area contributed by atoms with E-state index in [4.69, 9.17) is 18.7 Å². The Morgan fingerprint density at radius 3 is 2.78 bits per heavy atom. The predicted octanol–water partition coefficient (Wildman–Crippen LogP) is 5.51. The van der Waals surface area contributed by atoms with Crippen LogP contribution in [-0.4, -0.2) is 47.9 Å². The minimum absolute atomic E-state index is 0.0000282. The summed E-state index contributed by atoms with van der Waals surface area (Å²) in [5.74, 6) is 2.81. The fourth-order valence-corrected chi connectivity index (χ4v) is 6.82. The van der Waals surface area contributed by atoms with Crippen LogP contribution in [0, 0.1) is 11.3 Å². The van der Waals surface area contributed by atoms with Gasteiger partial charge in [0.2, 0.25) is 0 Å². The average Bonchev–Trinajstić information content (AvgIpc) is 3.13. The molecule has 2 aromatic rings. The number of hydrogen-bond acceptors (Lipinski definition) is 6. The average molecular weight is 495 g/mol. The molecule has 7 nitrogen and oxygen atoms in total. The Labute approximate surface area is 213 Å². The summed E-state index contributed by atoms with van der Waals surface area (Å²) in [5, 5.41) is 4.22. The minimum Gasteiger partial charge on any atom is -0.490 e. The Balaban J connectivity index is 1.17. The highest BCUT2D eigenvalue weighted by atomic mass is 16.5. The predicted molar refractivity (Wildman–Crippen MR) is 134 cm³/mol. The molecule has 0 bridgehead atoms. The molecule has 194 valence electrons. The van der Waals surface area contributed by atoms with Gasteiger partial charge >= 0.3 is 0 Å². The van der Waals surface area contributed by atoms with E-state index in [1.807, 2.05) is 24.0 Å². The quantitative estimate of drug-likeness (QED) is 0.524. The van der Waals surface area contributed by atoms with E-state index < -0.39 is 0 Å². The van der Waals surface area contributed by atoms with Crippen LogP contribution in [0.5, 0.6) is 11.5 Å². The van der Waals surface area contributed by atoms with Gasteiger partial charge in [-0.25, -0.2) is 0 Å². The van der Waals surface area contributed by atoms with E-state index in [2.05, 4.69) is 25.1 Å². The monoisotopic (exact) mass is 494 g/mol. The first-order valence-electron chi connectivity index (χ1n) is 13.7. The van der Waals surface area contributed by atoms with Crippen LogP contribution >= 0.6 is 0 Å². The van der Waals surface area contributed by atoms with Gasteiger partial charge in [-0.05, 0) is 70.8 Å². The van der Waals surface area contributed by atoms with Crippen LogP contribution in [0.25, 0.3) is 0 Å². The molecule has 3 aliphatic heterocycles. The zero-order valence-corrected chi connectivity index (χ0v) is 21.8. The first-order valence-corrected chi connectivity index (χ1v) is 13.7. The number of aromatic nitrogens is 1. The molecule has 2 atom stereocenters. The summed E-state index contributed by atoms with van der Waals surface area (Å²) < 4.78 is 24.7. The third-order valence-corrected chi connectivity index (χ3v) is 8.98. The lowest BCUT2D eigenvalue weighted by Gasteiger charge is -2.54. The topological polar surface area (TPSA) is 74.0 Å². The molecule has 0 radical (unpaired) electrons. The normalized spacial score (nSPS) is 26.2. The Hall–Kier alpha value is -2.54. The molecule has 0 saturated carbocycles. The van der Waals surface area contributed by atoms with Crippen LogP contribution in [0.15, 0.2) is 22.7 Å². The molecule has 7 heteroatoms. The third-order valence-electron chi connectivity index (χ3n) is 8.98. The third kappa shape index (κ3) is 4.00. The highest BCUT2D eigenvalue weighted by Gasteiger charge is 2.53. The van der Waals surface area contributed by atoms with Gasteiger partial charge in [-0.15, -0.1) is 0 Å². The van der Waals surface area contributed by atoms with Crippen molar-refractivity contribution in [2.75, 3.05) is 26.3 Å². The number of carbonyl (C=O) groups excluding carboxylic acids is 1. The first kappa shape index (κ1) is 23.8. The number of para-hydroxylation sites is 1. The summed E-state index contributed by atoms with van der Waals surface area (Å²) in [6.45, 7) is 9.12. The maximum absolute atomic E-state index is 13.4. The number of amides is 1. The first-order chi connectivity index (χ1) is 17.4. The number of piperidine rings is 1. The molecular weight excluding hydrogens is 456 g/mol. The molecule has 1 aromatic carbocycles. The highest BCUT2D eigenvalue weighted by molar-refractivity contribution is 5.94. The van der Waals surface area contributed by atoms with E-state index in [9.17, 15) is 4.79 Å². The van der Waals surface area contributed by atoms with E-state index in [1.54, 1.807) is 0 Å². The van der Waals surface area contributed by atoms with Crippen LogP contribution in [0.4, 0.5) is 0 Å². The Morgan fingerprint density at radius 2 is 1.97 bits per heavy atom. The van der Waals surface area contributed by atoms with Crippen molar-refractivity contribution in [1.82, 2.24) is 10.1 Å². The molecule has 1 spiro atoms. The lowest BCUT2D eigenvalue weighted by atomic mass is 9.64. The standard InChI is InChI=1S/C29H38N2O5/c1-4-33-23-12-8-10-20-25-21(28(2,3)35-26(20)23)17-29(18-34-25)13-15-31(16-14-29)27(32)24-19-9-6-5-7-11-22(19)36-30-24/h8,10,12,21,25H,4-7,9,11,13-18H2,1-3H3/t21-,25+/m0/s1. The molecule has 4 aliphatic rings. The number of nitrogens with zero attached hydrogens (tertiary/aromatic N) is 2. The van der Waals surface area contributed by atoms with Crippen molar-refractivity contribution in [1.29, 1.82) is 0 Å². The number of aryl methyl sites for hydroxylation is 1. The molecule has 1 aliphatic carbocycles.